The van der Waals surface area contributed by atoms with Crippen molar-refractivity contribution in [3.63, 3.8) is 0 Å². The molecule has 168 valence electrons. The Hall–Kier alpha value is -2.00. The van der Waals surface area contributed by atoms with E-state index in [0.717, 1.165) is 45.7 Å². The van der Waals surface area contributed by atoms with Crippen molar-refractivity contribution in [1.29, 1.82) is 0 Å². The zero-order valence-corrected chi connectivity index (χ0v) is 18.4. The van der Waals surface area contributed by atoms with Gasteiger partial charge >= 0.3 is 6.03 Å². The lowest BCUT2D eigenvalue weighted by Gasteiger charge is -2.43. The maximum atomic E-state index is 13.5. The quantitative estimate of drug-likeness (QED) is 0.762. The van der Waals surface area contributed by atoms with Crippen molar-refractivity contribution in [2.24, 2.45) is 0 Å². The van der Waals surface area contributed by atoms with Crippen LogP contribution in [0.25, 0.3) is 0 Å². The Bertz CT molecular complexity index is 799. The first kappa shape index (κ1) is 20.9. The van der Waals surface area contributed by atoms with Crippen molar-refractivity contribution < 1.29 is 9.59 Å². The molecule has 4 saturated heterocycles. The van der Waals surface area contributed by atoms with Crippen molar-refractivity contribution in [2.75, 3.05) is 46.3 Å². The maximum absolute atomic E-state index is 13.5. The van der Waals surface area contributed by atoms with Gasteiger partial charge in [0, 0.05) is 39.8 Å². The molecule has 0 spiro atoms. The number of likely N-dealkylation sites (N-methyl/N-ethyl adjacent to an activating group) is 1. The summed E-state index contributed by atoms with van der Waals surface area (Å²) in [5.74, 6) is -0.0401. The first-order valence-corrected chi connectivity index (χ1v) is 11.7. The fourth-order valence-corrected chi connectivity index (χ4v) is 5.61. The van der Waals surface area contributed by atoms with Gasteiger partial charge in [-0.15, -0.1) is 0 Å². The number of hydrogen-bond donors (Lipinski definition) is 1. The van der Waals surface area contributed by atoms with Crippen molar-refractivity contribution in [3.05, 3.63) is 35.9 Å². The van der Waals surface area contributed by atoms with E-state index in [1.54, 1.807) is 4.90 Å². The molecule has 1 aromatic rings. The highest BCUT2D eigenvalue weighted by Crippen LogP contribution is 2.31. The number of benzene rings is 1. The molecule has 3 unspecified atom stereocenters. The zero-order chi connectivity index (χ0) is 21.4. The standard InChI is InChI=1S/C23H34N6O2/c1-25-20-19(21(30)29(23(25)31)16-15-26-11-6-3-7-12-26)28-14-8-13-27(22(28)24-20)17-18-9-4-2-5-10-18/h2,4-5,9-10,19-20,22,24H,3,6-8,11-17H2,1H3. The average Bonchev–Trinajstić information content (AvgIpc) is 3.20. The maximum Gasteiger partial charge on any atom is 0.327 e. The second-order valence-electron chi connectivity index (χ2n) is 9.26. The third kappa shape index (κ3) is 3.98. The van der Waals surface area contributed by atoms with Gasteiger partial charge in [-0.1, -0.05) is 36.8 Å². The van der Waals surface area contributed by atoms with E-state index in [0.29, 0.717) is 6.54 Å². The van der Waals surface area contributed by atoms with Gasteiger partial charge in [-0.25, -0.2) is 4.79 Å². The molecule has 0 aliphatic carbocycles. The van der Waals surface area contributed by atoms with Crippen LogP contribution in [0.3, 0.4) is 0 Å². The van der Waals surface area contributed by atoms with Crippen molar-refractivity contribution in [3.8, 4) is 0 Å². The van der Waals surface area contributed by atoms with Crippen LogP contribution in [0.2, 0.25) is 0 Å². The number of amides is 3. The Labute approximate surface area is 184 Å². The molecule has 4 aliphatic rings. The molecular formula is C23H34N6O2. The Morgan fingerprint density at radius 1 is 0.935 bits per heavy atom. The van der Waals surface area contributed by atoms with Gasteiger partial charge in [0.15, 0.2) is 0 Å². The number of piperidine rings is 1. The monoisotopic (exact) mass is 426 g/mol. The largest absolute Gasteiger partial charge is 0.327 e. The number of rotatable bonds is 5. The van der Waals surface area contributed by atoms with Gasteiger partial charge in [0.2, 0.25) is 0 Å². The number of carbonyl (C=O) groups is 2. The molecular weight excluding hydrogens is 392 g/mol. The van der Waals surface area contributed by atoms with Crippen LogP contribution in [-0.4, -0.2) is 101 Å². The summed E-state index contributed by atoms with van der Waals surface area (Å²) in [7, 11) is 1.83. The highest BCUT2D eigenvalue weighted by Gasteiger charge is 2.55. The topological polar surface area (TPSA) is 62.4 Å². The second-order valence-corrected chi connectivity index (χ2v) is 9.26. The van der Waals surface area contributed by atoms with Crippen molar-refractivity contribution in [2.45, 2.75) is 50.7 Å². The van der Waals surface area contributed by atoms with Crippen molar-refractivity contribution >= 4 is 11.9 Å². The van der Waals surface area contributed by atoms with Crippen LogP contribution >= 0.6 is 0 Å². The minimum atomic E-state index is -0.312. The summed E-state index contributed by atoms with van der Waals surface area (Å²) in [4.78, 5) is 36.9. The molecule has 1 N–H and O–H groups in total. The Morgan fingerprint density at radius 3 is 2.48 bits per heavy atom. The van der Waals surface area contributed by atoms with Crippen LogP contribution in [0.1, 0.15) is 31.2 Å². The number of hydrogen-bond acceptors (Lipinski definition) is 6. The molecule has 31 heavy (non-hydrogen) atoms. The number of urea groups is 1. The Morgan fingerprint density at radius 2 is 1.71 bits per heavy atom. The van der Waals surface area contributed by atoms with Crippen LogP contribution in [-0.2, 0) is 11.3 Å². The Balaban J connectivity index is 1.30. The third-order valence-corrected chi connectivity index (χ3v) is 7.28. The second kappa shape index (κ2) is 8.86. The number of imide groups is 1. The molecule has 0 bridgehead atoms. The fourth-order valence-electron chi connectivity index (χ4n) is 5.61. The van der Waals surface area contributed by atoms with E-state index in [4.69, 9.17) is 0 Å². The molecule has 4 heterocycles. The highest BCUT2D eigenvalue weighted by atomic mass is 16.2. The normalized spacial score (nSPS) is 30.5. The summed E-state index contributed by atoms with van der Waals surface area (Å²) >= 11 is 0. The van der Waals surface area contributed by atoms with Gasteiger partial charge < -0.3 is 9.80 Å². The van der Waals surface area contributed by atoms with E-state index in [-0.39, 0.29) is 30.4 Å². The van der Waals surface area contributed by atoms with Gasteiger partial charge in [0.05, 0.1) is 0 Å². The predicted molar refractivity (Wildman–Crippen MR) is 118 cm³/mol. The van der Waals surface area contributed by atoms with Gasteiger partial charge in [-0.05, 0) is 37.9 Å². The van der Waals surface area contributed by atoms with E-state index < -0.39 is 0 Å². The van der Waals surface area contributed by atoms with Gasteiger partial charge in [0.25, 0.3) is 5.91 Å². The highest BCUT2D eigenvalue weighted by molar-refractivity contribution is 6.00. The molecule has 0 radical (unpaired) electrons. The van der Waals surface area contributed by atoms with Crippen LogP contribution in [0.4, 0.5) is 4.79 Å². The fraction of sp³-hybridized carbons (Fsp3) is 0.652. The molecule has 3 amide bonds. The molecule has 1 aromatic carbocycles. The van der Waals surface area contributed by atoms with Gasteiger partial charge in [-0.3, -0.25) is 24.8 Å². The first-order valence-electron chi connectivity index (χ1n) is 11.7. The van der Waals surface area contributed by atoms with Gasteiger partial charge in [0.1, 0.15) is 18.5 Å². The lowest BCUT2D eigenvalue weighted by Crippen LogP contribution is -2.67. The predicted octanol–water partition coefficient (Wildman–Crippen LogP) is 1.16. The van der Waals surface area contributed by atoms with Crippen LogP contribution in [0.15, 0.2) is 30.3 Å². The number of carbonyl (C=O) groups excluding carboxylic acids is 2. The lowest BCUT2D eigenvalue weighted by atomic mass is 10.1. The lowest BCUT2D eigenvalue weighted by molar-refractivity contribution is -0.140. The zero-order valence-electron chi connectivity index (χ0n) is 18.4. The summed E-state index contributed by atoms with van der Waals surface area (Å²) in [6.07, 6.45) is 4.43. The average molecular weight is 427 g/mol. The van der Waals surface area contributed by atoms with E-state index >= 15 is 0 Å². The molecule has 3 atom stereocenters. The van der Waals surface area contributed by atoms with E-state index in [2.05, 4.69) is 44.3 Å². The van der Waals surface area contributed by atoms with Crippen molar-refractivity contribution in [1.82, 2.24) is 29.8 Å². The molecule has 0 saturated carbocycles. The third-order valence-electron chi connectivity index (χ3n) is 7.28. The smallest absolute Gasteiger partial charge is 0.310 e. The first-order chi connectivity index (χ1) is 15.1. The van der Waals surface area contributed by atoms with Gasteiger partial charge in [-0.2, -0.15) is 0 Å². The molecule has 8 nitrogen and oxygen atoms in total. The minimum absolute atomic E-state index is 0.0230. The molecule has 5 rings (SSSR count). The summed E-state index contributed by atoms with van der Waals surface area (Å²) in [6, 6.07) is 9.96. The van der Waals surface area contributed by atoms with E-state index in [1.807, 2.05) is 13.1 Å². The number of likely N-dealkylation sites (tertiary alicyclic amines) is 1. The van der Waals surface area contributed by atoms with E-state index in [9.17, 15) is 9.59 Å². The molecule has 0 aromatic heterocycles. The Kier molecular flexibility index (Phi) is 5.97. The minimum Gasteiger partial charge on any atom is -0.310 e. The van der Waals surface area contributed by atoms with Crippen LogP contribution in [0, 0.1) is 0 Å². The van der Waals surface area contributed by atoms with Crippen LogP contribution < -0.4 is 5.32 Å². The number of nitrogens with zero attached hydrogens (tertiary/aromatic N) is 5. The summed E-state index contributed by atoms with van der Waals surface area (Å²) in [5.41, 5.74) is 1.26. The summed E-state index contributed by atoms with van der Waals surface area (Å²) in [5, 5.41) is 3.60. The molecule has 8 heteroatoms. The summed E-state index contributed by atoms with van der Waals surface area (Å²) < 4.78 is 0. The van der Waals surface area contributed by atoms with E-state index in [1.165, 1.54) is 29.7 Å². The summed E-state index contributed by atoms with van der Waals surface area (Å²) in [6.45, 7) is 6.09. The molecule has 4 aliphatic heterocycles. The number of nitrogens with one attached hydrogen (secondary N) is 1. The SMILES string of the molecule is CN1C(=O)N(CCN2CCCCC2)C(=O)C2C1NC1N(Cc3ccccc3)CCCN21. The van der Waals surface area contributed by atoms with Crippen LogP contribution in [0.5, 0.6) is 0 Å². The number of fused-ring (bicyclic) bond motifs is 3. The molecule has 4 fully saturated rings.